The van der Waals surface area contributed by atoms with Crippen molar-refractivity contribution in [3.8, 4) is 0 Å². The molecule has 18 heavy (non-hydrogen) atoms. The minimum Gasteiger partial charge on any atom is -0.381 e. The summed E-state index contributed by atoms with van der Waals surface area (Å²) in [6.45, 7) is 13.4. The third kappa shape index (κ3) is 4.22. The first-order valence-corrected chi connectivity index (χ1v) is 7.23. The van der Waals surface area contributed by atoms with E-state index in [-0.39, 0.29) is 0 Å². The molecule has 3 heteroatoms. The van der Waals surface area contributed by atoms with Crippen molar-refractivity contribution in [2.75, 3.05) is 40.4 Å². The average Bonchev–Trinajstić information content (AvgIpc) is 2.28. The Bertz CT molecular complexity index is 236. The van der Waals surface area contributed by atoms with Crippen LogP contribution in [0.4, 0.5) is 0 Å². The van der Waals surface area contributed by atoms with Gasteiger partial charge in [-0.15, -0.1) is 0 Å². The molecule has 0 aliphatic carbocycles. The smallest absolute Gasteiger partial charge is 0.0472 e. The fraction of sp³-hybridized carbons (Fsp3) is 1.00. The molecule has 0 spiro atoms. The normalized spacial score (nSPS) is 22.2. The van der Waals surface area contributed by atoms with Crippen molar-refractivity contribution >= 4 is 0 Å². The van der Waals surface area contributed by atoms with E-state index in [1.165, 1.54) is 12.8 Å². The van der Waals surface area contributed by atoms with Crippen molar-refractivity contribution in [2.45, 2.75) is 46.6 Å². The van der Waals surface area contributed by atoms with E-state index in [4.69, 9.17) is 4.74 Å². The van der Waals surface area contributed by atoms with E-state index in [0.29, 0.717) is 16.9 Å². The summed E-state index contributed by atoms with van der Waals surface area (Å²) in [7, 11) is 4.33. The van der Waals surface area contributed by atoms with Gasteiger partial charge in [-0.25, -0.2) is 0 Å². The minimum atomic E-state index is 0.334. The van der Waals surface area contributed by atoms with E-state index >= 15 is 0 Å². The molecule has 0 aromatic carbocycles. The quantitative estimate of drug-likeness (QED) is 0.817. The van der Waals surface area contributed by atoms with Gasteiger partial charge < -0.3 is 15.0 Å². The molecule has 0 radical (unpaired) electrons. The first-order chi connectivity index (χ1) is 8.31. The molecule has 3 nitrogen and oxygen atoms in total. The molecule has 1 aliphatic heterocycles. The Morgan fingerprint density at radius 3 is 2.28 bits per heavy atom. The van der Waals surface area contributed by atoms with Crippen LogP contribution in [0.2, 0.25) is 0 Å². The Morgan fingerprint density at radius 1 is 1.28 bits per heavy atom. The second-order valence-corrected chi connectivity index (χ2v) is 7.10. The third-order valence-corrected chi connectivity index (χ3v) is 4.60. The van der Waals surface area contributed by atoms with Gasteiger partial charge in [-0.3, -0.25) is 0 Å². The Balaban J connectivity index is 2.65. The number of rotatable bonds is 5. The highest BCUT2D eigenvalue weighted by molar-refractivity contribution is 4.89. The van der Waals surface area contributed by atoms with Gasteiger partial charge in [0.2, 0.25) is 0 Å². The second-order valence-electron chi connectivity index (χ2n) is 7.10. The highest BCUT2D eigenvalue weighted by Crippen LogP contribution is 2.33. The van der Waals surface area contributed by atoms with Crippen LogP contribution in [0.5, 0.6) is 0 Å². The molecule has 1 heterocycles. The monoisotopic (exact) mass is 256 g/mol. The Kier molecular flexibility index (Phi) is 5.63. The summed E-state index contributed by atoms with van der Waals surface area (Å²) in [5.41, 5.74) is 0.724. The lowest BCUT2D eigenvalue weighted by Gasteiger charge is -2.44. The van der Waals surface area contributed by atoms with E-state index < -0.39 is 0 Å². The second kappa shape index (κ2) is 6.36. The Hall–Kier alpha value is -0.120. The molecule has 1 fully saturated rings. The summed E-state index contributed by atoms with van der Waals surface area (Å²) < 4.78 is 5.53. The van der Waals surface area contributed by atoms with E-state index in [9.17, 15) is 0 Å². The van der Waals surface area contributed by atoms with Crippen LogP contribution in [0.25, 0.3) is 0 Å². The number of hydrogen-bond donors (Lipinski definition) is 1. The number of ether oxygens (including phenoxy) is 1. The molecule has 0 aromatic heterocycles. The summed E-state index contributed by atoms with van der Waals surface area (Å²) in [5, 5.41) is 3.38. The lowest BCUT2D eigenvalue weighted by molar-refractivity contribution is -0.0131. The molecular weight excluding hydrogens is 224 g/mol. The number of hydrogen-bond acceptors (Lipinski definition) is 3. The zero-order chi connectivity index (χ0) is 13.8. The van der Waals surface area contributed by atoms with Crippen molar-refractivity contribution in [3.05, 3.63) is 0 Å². The molecule has 1 rings (SSSR count). The van der Waals surface area contributed by atoms with Crippen LogP contribution >= 0.6 is 0 Å². The van der Waals surface area contributed by atoms with E-state index in [2.05, 4.69) is 52.0 Å². The predicted molar refractivity (Wildman–Crippen MR) is 78.0 cm³/mol. The fourth-order valence-electron chi connectivity index (χ4n) is 2.90. The molecule has 108 valence electrons. The standard InChI is InChI=1S/C15H32N2O/c1-13(14(2,3)4)17(6)12-15(11-16-5)7-9-18-10-8-15/h13,16H,7-12H2,1-6H3. The zero-order valence-electron chi connectivity index (χ0n) is 13.2. The summed E-state index contributed by atoms with van der Waals surface area (Å²) in [6, 6.07) is 0.592. The van der Waals surface area contributed by atoms with Gasteiger partial charge in [0.25, 0.3) is 0 Å². The molecule has 1 saturated heterocycles. The average molecular weight is 256 g/mol. The molecule has 0 aromatic rings. The molecule has 1 atom stereocenters. The Labute approximate surface area is 113 Å². The van der Waals surface area contributed by atoms with Crippen LogP contribution in [-0.4, -0.2) is 51.3 Å². The summed E-state index contributed by atoms with van der Waals surface area (Å²) in [6.07, 6.45) is 2.35. The van der Waals surface area contributed by atoms with Gasteiger partial charge in [-0.1, -0.05) is 20.8 Å². The maximum Gasteiger partial charge on any atom is 0.0472 e. The van der Waals surface area contributed by atoms with Gasteiger partial charge in [0.05, 0.1) is 0 Å². The van der Waals surface area contributed by atoms with Crippen LogP contribution in [-0.2, 0) is 4.74 Å². The molecule has 0 amide bonds. The molecule has 1 aliphatic rings. The topological polar surface area (TPSA) is 24.5 Å². The highest BCUT2D eigenvalue weighted by Gasteiger charge is 2.35. The summed E-state index contributed by atoms with van der Waals surface area (Å²) >= 11 is 0. The Morgan fingerprint density at radius 2 is 1.83 bits per heavy atom. The number of nitrogens with one attached hydrogen (secondary N) is 1. The van der Waals surface area contributed by atoms with Crippen molar-refractivity contribution in [1.82, 2.24) is 10.2 Å². The van der Waals surface area contributed by atoms with Gasteiger partial charge >= 0.3 is 0 Å². The van der Waals surface area contributed by atoms with Crippen LogP contribution in [0.1, 0.15) is 40.5 Å². The van der Waals surface area contributed by atoms with E-state index in [0.717, 1.165) is 26.3 Å². The van der Waals surface area contributed by atoms with Crippen LogP contribution in [0.3, 0.4) is 0 Å². The van der Waals surface area contributed by atoms with Crippen molar-refractivity contribution in [3.63, 3.8) is 0 Å². The van der Waals surface area contributed by atoms with Crippen LogP contribution < -0.4 is 5.32 Å². The molecule has 1 unspecified atom stereocenters. The fourth-order valence-corrected chi connectivity index (χ4v) is 2.90. The molecule has 1 N–H and O–H groups in total. The molecule has 0 bridgehead atoms. The van der Waals surface area contributed by atoms with Crippen molar-refractivity contribution < 1.29 is 4.74 Å². The van der Waals surface area contributed by atoms with Gasteiger partial charge in [0, 0.05) is 32.3 Å². The summed E-state index contributed by atoms with van der Waals surface area (Å²) in [4.78, 5) is 2.53. The summed E-state index contributed by atoms with van der Waals surface area (Å²) in [5.74, 6) is 0. The first kappa shape index (κ1) is 15.9. The third-order valence-electron chi connectivity index (χ3n) is 4.60. The highest BCUT2D eigenvalue weighted by atomic mass is 16.5. The SMILES string of the molecule is CNCC1(CN(C)C(C)C(C)(C)C)CCOCC1. The predicted octanol–water partition coefficient (Wildman–Crippen LogP) is 2.37. The first-order valence-electron chi connectivity index (χ1n) is 7.23. The van der Waals surface area contributed by atoms with Gasteiger partial charge in [0.15, 0.2) is 0 Å². The largest absolute Gasteiger partial charge is 0.381 e. The lowest BCUT2D eigenvalue weighted by atomic mass is 9.78. The van der Waals surface area contributed by atoms with Gasteiger partial charge in [0.1, 0.15) is 0 Å². The van der Waals surface area contributed by atoms with Crippen LogP contribution in [0.15, 0.2) is 0 Å². The lowest BCUT2D eigenvalue weighted by Crippen LogP contribution is -2.50. The number of nitrogens with zero attached hydrogens (tertiary/aromatic N) is 1. The maximum atomic E-state index is 5.53. The van der Waals surface area contributed by atoms with Crippen molar-refractivity contribution in [2.24, 2.45) is 10.8 Å². The maximum absolute atomic E-state index is 5.53. The van der Waals surface area contributed by atoms with Gasteiger partial charge in [-0.2, -0.15) is 0 Å². The molecular formula is C15H32N2O. The van der Waals surface area contributed by atoms with E-state index in [1.807, 2.05) is 0 Å². The van der Waals surface area contributed by atoms with E-state index in [1.54, 1.807) is 0 Å². The minimum absolute atomic E-state index is 0.334. The van der Waals surface area contributed by atoms with Gasteiger partial charge in [-0.05, 0) is 44.7 Å². The van der Waals surface area contributed by atoms with Crippen LogP contribution in [0, 0.1) is 10.8 Å². The molecule has 0 saturated carbocycles. The van der Waals surface area contributed by atoms with Crippen molar-refractivity contribution in [1.29, 1.82) is 0 Å². The zero-order valence-corrected chi connectivity index (χ0v) is 13.2.